The summed E-state index contributed by atoms with van der Waals surface area (Å²) in [6.07, 6.45) is 6.63. The number of hydrogen-bond donors (Lipinski definition) is 0. The van der Waals surface area contributed by atoms with Crippen LogP contribution in [0.4, 0.5) is 0 Å². The molecule has 2 aliphatic carbocycles. The van der Waals surface area contributed by atoms with Crippen LogP contribution in [0.3, 0.4) is 0 Å². The van der Waals surface area contributed by atoms with Crippen molar-refractivity contribution >= 4 is 29.0 Å². The van der Waals surface area contributed by atoms with E-state index in [9.17, 15) is 9.59 Å². The lowest BCUT2D eigenvalue weighted by molar-refractivity contribution is -0.180. The Kier molecular flexibility index (Phi) is 10.4. The zero-order chi connectivity index (χ0) is 30.7. The van der Waals surface area contributed by atoms with Crippen molar-refractivity contribution in [1.29, 1.82) is 0 Å². The number of thiophene rings is 1. The van der Waals surface area contributed by atoms with Crippen LogP contribution in [0.25, 0.3) is 5.76 Å². The summed E-state index contributed by atoms with van der Waals surface area (Å²) in [6.45, 7) is 13.3. The number of esters is 2. The maximum atomic E-state index is 14.4. The summed E-state index contributed by atoms with van der Waals surface area (Å²) >= 11 is 1.59. The molecule has 0 saturated heterocycles. The van der Waals surface area contributed by atoms with Gasteiger partial charge in [-0.05, 0) is 78.7 Å². The molecule has 2 saturated carbocycles. The summed E-state index contributed by atoms with van der Waals surface area (Å²) in [5, 5.41) is 2.02. The molecule has 1 aromatic heterocycles. The molecule has 6 heteroatoms. The van der Waals surface area contributed by atoms with Crippen LogP contribution in [0.1, 0.15) is 96.4 Å². The zero-order valence-electron chi connectivity index (χ0n) is 26.7. The number of benzene rings is 1. The lowest BCUT2D eigenvalue weighted by Gasteiger charge is -2.41. The third kappa shape index (κ3) is 7.38. The smallest absolute Gasteiger partial charge is 0.348 e. The predicted octanol–water partition coefficient (Wildman–Crippen LogP) is 8.90. The molecule has 2 heterocycles. The SMILES string of the molecule is CC(C)[C@@H]1CC[C@@H](C)C[C@H]1OC(=O)[C@H]1[C@@H](c2cccs2)C=C(c2ccccc2)O[C@H]1C(=O)O[C@@H]1C[C@H](C)CC[C@H]1C(C)C. The van der Waals surface area contributed by atoms with Crippen LogP contribution in [-0.2, 0) is 23.8 Å². The Hall–Kier alpha value is -2.60. The molecule has 3 aliphatic rings. The van der Waals surface area contributed by atoms with E-state index in [1.807, 2.05) is 53.9 Å². The van der Waals surface area contributed by atoms with Gasteiger partial charge in [0.2, 0.25) is 6.10 Å². The molecule has 1 aliphatic heterocycles. The molecule has 0 N–H and O–H groups in total. The first-order valence-corrected chi connectivity index (χ1v) is 17.4. The first-order valence-electron chi connectivity index (χ1n) is 16.5. The van der Waals surface area contributed by atoms with E-state index in [0.717, 1.165) is 49.0 Å². The highest BCUT2D eigenvalue weighted by molar-refractivity contribution is 7.10. The fourth-order valence-electron chi connectivity index (χ4n) is 7.62. The van der Waals surface area contributed by atoms with Crippen molar-refractivity contribution in [2.45, 2.75) is 104 Å². The zero-order valence-corrected chi connectivity index (χ0v) is 27.6. The second-order valence-electron chi connectivity index (χ2n) is 14.1. The van der Waals surface area contributed by atoms with Gasteiger partial charge < -0.3 is 14.2 Å². The Morgan fingerprint density at radius 1 is 0.791 bits per heavy atom. The Morgan fingerprint density at radius 2 is 1.37 bits per heavy atom. The Balaban J connectivity index is 1.51. The van der Waals surface area contributed by atoms with Crippen LogP contribution in [-0.4, -0.2) is 30.3 Å². The van der Waals surface area contributed by atoms with E-state index >= 15 is 0 Å². The van der Waals surface area contributed by atoms with Crippen molar-refractivity contribution in [1.82, 2.24) is 0 Å². The van der Waals surface area contributed by atoms with Gasteiger partial charge in [-0.25, -0.2) is 4.79 Å². The molecular formula is C37H50O5S. The predicted molar refractivity (Wildman–Crippen MR) is 172 cm³/mol. The van der Waals surface area contributed by atoms with E-state index in [4.69, 9.17) is 14.2 Å². The number of carbonyl (C=O) groups is 2. The fourth-order valence-corrected chi connectivity index (χ4v) is 8.46. The van der Waals surface area contributed by atoms with Gasteiger partial charge in [0.25, 0.3) is 0 Å². The quantitative estimate of drug-likeness (QED) is 0.281. The monoisotopic (exact) mass is 606 g/mol. The van der Waals surface area contributed by atoms with Crippen molar-refractivity contribution in [3.8, 4) is 0 Å². The standard InChI is InChI=1S/C37H50O5S/c1-22(2)27-16-14-24(5)19-31(27)41-36(38)34-29(33-13-10-18-43-33)21-30(26-11-8-7-9-12-26)40-35(34)37(39)42-32-20-25(6)15-17-28(32)23(3)4/h7-13,18,21-25,27-29,31-32,34-35H,14-17,19-20H2,1-6H3/t24-,25-,27+,28+,29-,31-,32-,34+,35-/m1/s1. The Labute approximate surface area is 262 Å². The highest BCUT2D eigenvalue weighted by Crippen LogP contribution is 2.44. The van der Waals surface area contributed by atoms with Gasteiger partial charge in [0, 0.05) is 16.4 Å². The minimum Gasteiger partial charge on any atom is -0.477 e. The van der Waals surface area contributed by atoms with Crippen LogP contribution in [0.15, 0.2) is 53.9 Å². The number of allylic oxidation sites excluding steroid dienone is 1. The normalized spacial score (nSPS) is 33.0. The van der Waals surface area contributed by atoms with Crippen LogP contribution in [0.5, 0.6) is 0 Å². The van der Waals surface area contributed by atoms with Crippen LogP contribution in [0, 0.1) is 41.4 Å². The van der Waals surface area contributed by atoms with Gasteiger partial charge in [0.15, 0.2) is 0 Å². The van der Waals surface area contributed by atoms with Crippen LogP contribution < -0.4 is 0 Å². The summed E-state index contributed by atoms with van der Waals surface area (Å²) < 4.78 is 19.4. The van der Waals surface area contributed by atoms with E-state index in [2.05, 4.69) is 41.5 Å². The van der Waals surface area contributed by atoms with E-state index in [1.165, 1.54) is 0 Å². The molecule has 234 valence electrons. The second kappa shape index (κ2) is 14.0. The van der Waals surface area contributed by atoms with E-state index in [-0.39, 0.29) is 24.1 Å². The average Bonchev–Trinajstić information content (AvgIpc) is 3.52. The van der Waals surface area contributed by atoms with Gasteiger partial charge in [-0.15, -0.1) is 11.3 Å². The lowest BCUT2D eigenvalue weighted by Crippen LogP contribution is -2.48. The van der Waals surface area contributed by atoms with Crippen molar-refractivity contribution in [3.05, 3.63) is 64.4 Å². The molecule has 0 amide bonds. The topological polar surface area (TPSA) is 61.8 Å². The molecule has 2 aromatic rings. The lowest BCUT2D eigenvalue weighted by atomic mass is 9.75. The Morgan fingerprint density at radius 3 is 1.91 bits per heavy atom. The van der Waals surface area contributed by atoms with Crippen molar-refractivity contribution in [2.24, 2.45) is 41.4 Å². The van der Waals surface area contributed by atoms with Gasteiger partial charge in [-0.3, -0.25) is 4.79 Å². The maximum Gasteiger partial charge on any atom is 0.348 e. The largest absolute Gasteiger partial charge is 0.477 e. The number of hydrogen-bond acceptors (Lipinski definition) is 6. The molecule has 0 spiro atoms. The van der Waals surface area contributed by atoms with E-state index in [1.54, 1.807) is 11.3 Å². The maximum absolute atomic E-state index is 14.4. The summed E-state index contributed by atoms with van der Waals surface area (Å²) in [7, 11) is 0. The molecule has 1 aromatic carbocycles. The minimum absolute atomic E-state index is 0.166. The summed E-state index contributed by atoms with van der Waals surface area (Å²) in [6, 6.07) is 13.9. The summed E-state index contributed by atoms with van der Waals surface area (Å²) in [4.78, 5) is 29.7. The highest BCUT2D eigenvalue weighted by Gasteiger charge is 2.49. The first kappa shape index (κ1) is 31.8. The van der Waals surface area contributed by atoms with Crippen molar-refractivity contribution in [3.63, 3.8) is 0 Å². The Bertz CT molecular complexity index is 1230. The van der Waals surface area contributed by atoms with Gasteiger partial charge >= 0.3 is 11.9 Å². The van der Waals surface area contributed by atoms with Crippen LogP contribution in [0.2, 0.25) is 0 Å². The van der Waals surface area contributed by atoms with E-state index < -0.39 is 18.0 Å². The molecular weight excluding hydrogens is 556 g/mol. The third-order valence-electron chi connectivity index (χ3n) is 10.2. The number of carbonyl (C=O) groups excluding carboxylic acids is 2. The third-order valence-corrected chi connectivity index (χ3v) is 11.2. The van der Waals surface area contributed by atoms with Gasteiger partial charge in [-0.2, -0.15) is 0 Å². The molecule has 0 radical (unpaired) electrons. The molecule has 0 unspecified atom stereocenters. The number of rotatable bonds is 8. The van der Waals surface area contributed by atoms with Gasteiger partial charge in [0.05, 0.1) is 0 Å². The minimum atomic E-state index is -1.09. The van der Waals surface area contributed by atoms with Crippen molar-refractivity contribution in [2.75, 3.05) is 0 Å². The fraction of sp³-hybridized carbons (Fsp3) is 0.622. The van der Waals surface area contributed by atoms with Crippen molar-refractivity contribution < 1.29 is 23.8 Å². The molecule has 2 fully saturated rings. The van der Waals surface area contributed by atoms with Gasteiger partial charge in [-0.1, -0.05) is 90.8 Å². The first-order chi connectivity index (χ1) is 20.6. The second-order valence-corrected chi connectivity index (χ2v) is 15.1. The molecule has 5 rings (SSSR count). The molecule has 0 bridgehead atoms. The van der Waals surface area contributed by atoms with E-state index in [0.29, 0.717) is 41.3 Å². The molecule has 43 heavy (non-hydrogen) atoms. The average molecular weight is 607 g/mol. The molecule has 9 atom stereocenters. The van der Waals surface area contributed by atoms with Crippen LogP contribution >= 0.6 is 11.3 Å². The van der Waals surface area contributed by atoms with Gasteiger partial charge in [0.1, 0.15) is 23.9 Å². The molecule has 5 nitrogen and oxygen atoms in total. The summed E-state index contributed by atoms with van der Waals surface area (Å²) in [5.74, 6) is 0.998. The summed E-state index contributed by atoms with van der Waals surface area (Å²) in [5.41, 5.74) is 0.876. The highest BCUT2D eigenvalue weighted by atomic mass is 32.1. The number of ether oxygens (including phenoxy) is 3.